The summed E-state index contributed by atoms with van der Waals surface area (Å²) in [5.74, 6) is -5.03. The van der Waals surface area contributed by atoms with Gasteiger partial charge in [0.1, 0.15) is 24.9 Å². The average Bonchev–Trinajstić information content (AvgIpc) is 3.99. The summed E-state index contributed by atoms with van der Waals surface area (Å²) in [5.41, 5.74) is -0.0543. The summed E-state index contributed by atoms with van der Waals surface area (Å²) in [6, 6.07) is 0. The van der Waals surface area contributed by atoms with E-state index in [9.17, 15) is 66.6 Å². The van der Waals surface area contributed by atoms with E-state index in [1.54, 1.807) is 0 Å². The summed E-state index contributed by atoms with van der Waals surface area (Å²) in [6.07, 6.45) is -8.74. The predicted molar refractivity (Wildman–Crippen MR) is 224 cm³/mol. The van der Waals surface area contributed by atoms with Crippen molar-refractivity contribution in [3.8, 4) is 0 Å². The molecule has 0 saturated carbocycles. The maximum absolute atomic E-state index is 13.0. The van der Waals surface area contributed by atoms with Crippen molar-refractivity contribution in [1.29, 1.82) is 0 Å². The largest absolute Gasteiger partial charge is 0.490 e. The highest BCUT2D eigenvalue weighted by atomic mass is 31.3. The minimum Gasteiger partial charge on any atom is -0.456 e. The first-order valence-corrected chi connectivity index (χ1v) is 25.7. The van der Waals surface area contributed by atoms with Gasteiger partial charge in [-0.25, -0.2) is 48.2 Å². The van der Waals surface area contributed by atoms with Crippen LogP contribution in [0.1, 0.15) is 54.0 Å². The molecule has 0 radical (unpaired) electrons. The smallest absolute Gasteiger partial charge is 0.456 e. The minimum atomic E-state index is -6.39. The van der Waals surface area contributed by atoms with Gasteiger partial charge in [-0.2, -0.15) is 12.9 Å². The van der Waals surface area contributed by atoms with Gasteiger partial charge in [0.25, 0.3) is 0 Å². The first-order chi connectivity index (χ1) is 33.0. The normalized spacial score (nSPS) is 25.5. The Morgan fingerprint density at radius 3 is 1.17 bits per heavy atom. The SMILES string of the molecule is CC(=O)Nc1ncnc2c1ncn2[C@@H]1O[C@H](COP(=O)(O)OP(=O)(O)OP(=O)(O)OP(=O)(O)OC[C@H]2O[C@@H](n3cnc4c(NC(C)=O)ncnc43)[C@H](OC(C)=O)[C@@H]2OC(C)=O)[C@@H](OC(C)=O)[C@H]1OC(C)=O. The number of carbonyl (C=O) groups excluding carboxylic acids is 6. The van der Waals surface area contributed by atoms with E-state index in [1.807, 2.05) is 0 Å². The number of anilines is 2. The van der Waals surface area contributed by atoms with Crippen molar-refractivity contribution >= 4 is 101 Å². The zero-order valence-corrected chi connectivity index (χ0v) is 40.6. The fourth-order valence-corrected chi connectivity index (χ4v) is 11.8. The third-order valence-electron chi connectivity index (χ3n) is 9.06. The van der Waals surface area contributed by atoms with Crippen molar-refractivity contribution in [3.05, 3.63) is 25.3 Å². The van der Waals surface area contributed by atoms with Crippen molar-refractivity contribution < 1.29 is 117 Å². The van der Waals surface area contributed by atoms with Gasteiger partial charge in [0, 0.05) is 41.5 Å². The van der Waals surface area contributed by atoms with E-state index in [1.165, 1.54) is 13.8 Å². The van der Waals surface area contributed by atoms with Gasteiger partial charge in [0.05, 0.1) is 25.9 Å². The molecular weight excluding hydrogens is 1050 g/mol. The summed E-state index contributed by atoms with van der Waals surface area (Å²) >= 11 is 0. The molecule has 6 rings (SSSR count). The molecule has 0 spiro atoms. The number of hydrogen-bond acceptors (Lipinski definition) is 27. The number of rotatable bonds is 20. The van der Waals surface area contributed by atoms with Crippen LogP contribution >= 0.6 is 31.3 Å². The second-order valence-electron chi connectivity index (χ2n) is 14.6. The van der Waals surface area contributed by atoms with Gasteiger partial charge in [-0.05, 0) is 0 Å². The number of ether oxygens (including phenoxy) is 6. The average molecular weight is 1090 g/mol. The molecule has 0 bridgehead atoms. The molecule has 2 amide bonds. The quantitative estimate of drug-likeness (QED) is 0.0401. The molecule has 2 aliphatic heterocycles. The van der Waals surface area contributed by atoms with E-state index in [4.69, 9.17) is 37.5 Å². The van der Waals surface area contributed by atoms with Gasteiger partial charge < -0.3 is 58.6 Å². The number of phosphoric acid groups is 4. The number of hydrogen-bond donors (Lipinski definition) is 6. The molecule has 4 unspecified atom stereocenters. The van der Waals surface area contributed by atoms with Crippen molar-refractivity contribution in [1.82, 2.24) is 39.0 Å². The van der Waals surface area contributed by atoms with E-state index in [0.29, 0.717) is 0 Å². The van der Waals surface area contributed by atoms with Crippen LogP contribution in [0.5, 0.6) is 0 Å². The fraction of sp³-hybridized carbons (Fsp3) is 0.500. The molecule has 35 nitrogen and oxygen atoms in total. The molecule has 2 saturated heterocycles. The van der Waals surface area contributed by atoms with E-state index in [2.05, 4.69) is 53.5 Å². The predicted octanol–water partition coefficient (Wildman–Crippen LogP) is 0.589. The van der Waals surface area contributed by atoms with Crippen molar-refractivity contribution in [2.24, 2.45) is 0 Å². The molecule has 4 aromatic heterocycles. The van der Waals surface area contributed by atoms with Gasteiger partial charge in [-0.15, -0.1) is 0 Å². The topological polar surface area (TPSA) is 464 Å². The Balaban J connectivity index is 1.13. The Kier molecular flexibility index (Phi) is 16.7. The zero-order chi connectivity index (χ0) is 52.4. The molecule has 6 N–H and O–H groups in total. The number of imidazole rings is 2. The standard InChI is InChI=1S/C32H40N10O25P4/c1-13(43)39-27-21-29(35-9-33-27)41(11-37-21)31-25(61-17(5)47)23(59-15(3)45)19(63-31)7-57-68(49,50)65-70(53,54)67-71(55,56)66-69(51,52)58-8-20-24(60-16(4)46)26(62-18(6)48)32(64-20)42-12-38-22-28(40-14(2)44)34-10-36-30(22)42/h9-12,19-20,23-26,31-32H,7-8H2,1-6H3,(H,49,50)(H,51,52)(H,53,54)(H,55,56)(H,33,35,39,43)(H,34,36,40,44)/t19-,20-,23-,24-,25-,26-,31-,32-/m1/s1. The van der Waals surface area contributed by atoms with Crippen LogP contribution in [0.15, 0.2) is 25.3 Å². The number of fused-ring (bicyclic) bond motifs is 2. The van der Waals surface area contributed by atoms with Gasteiger partial charge in [-0.3, -0.25) is 46.9 Å². The van der Waals surface area contributed by atoms with Crippen LogP contribution in [0.2, 0.25) is 0 Å². The number of phosphoric ester groups is 2. The Morgan fingerprint density at radius 2 is 0.845 bits per heavy atom. The van der Waals surface area contributed by atoms with Crippen LogP contribution in [0.25, 0.3) is 22.3 Å². The summed E-state index contributed by atoms with van der Waals surface area (Å²) in [6.45, 7) is 3.78. The molecule has 12 atom stereocenters. The number of carbonyl (C=O) groups is 6. The molecule has 2 fully saturated rings. The molecule has 0 aromatic carbocycles. The third-order valence-corrected chi connectivity index (χ3v) is 15.0. The lowest BCUT2D eigenvalue weighted by molar-refractivity contribution is -0.165. The highest BCUT2D eigenvalue weighted by molar-refractivity contribution is 7.69. The summed E-state index contributed by atoms with van der Waals surface area (Å²) < 4.78 is 109. The van der Waals surface area contributed by atoms with Gasteiger partial charge in [-0.1, -0.05) is 0 Å². The molecule has 4 aromatic rings. The highest BCUT2D eigenvalue weighted by Gasteiger charge is 2.54. The van der Waals surface area contributed by atoms with Gasteiger partial charge in [0.2, 0.25) is 11.8 Å². The Hall–Kier alpha value is -5.60. The maximum atomic E-state index is 13.0. The molecular formula is C32H40N10O25P4. The van der Waals surface area contributed by atoms with Gasteiger partial charge in [0.15, 0.2) is 70.8 Å². The number of nitrogens with one attached hydrogen (secondary N) is 2. The second-order valence-corrected chi connectivity index (χ2v) is 20.8. The van der Waals surface area contributed by atoms with E-state index < -0.39 is 129 Å². The molecule has 0 aliphatic carbocycles. The third kappa shape index (κ3) is 13.9. The zero-order valence-electron chi connectivity index (χ0n) is 37.1. The highest BCUT2D eigenvalue weighted by Crippen LogP contribution is 2.71. The van der Waals surface area contributed by atoms with Crippen molar-refractivity contribution in [2.75, 3.05) is 23.8 Å². The second kappa shape index (κ2) is 21.6. The van der Waals surface area contributed by atoms with Crippen LogP contribution in [0.4, 0.5) is 11.6 Å². The Bertz CT molecular complexity index is 2750. The molecule has 388 valence electrons. The van der Waals surface area contributed by atoms with Crippen LogP contribution < -0.4 is 10.6 Å². The van der Waals surface area contributed by atoms with Crippen LogP contribution in [-0.2, 0) is 97.4 Å². The lowest BCUT2D eigenvalue weighted by Crippen LogP contribution is -2.40. The number of aromatic nitrogens is 8. The summed E-state index contributed by atoms with van der Waals surface area (Å²) in [4.78, 5) is 138. The van der Waals surface area contributed by atoms with E-state index in [-0.39, 0.29) is 34.0 Å². The Morgan fingerprint density at radius 1 is 0.521 bits per heavy atom. The van der Waals surface area contributed by atoms with Gasteiger partial charge >= 0.3 is 55.2 Å². The lowest BCUT2D eigenvalue weighted by atomic mass is 10.1. The first kappa shape index (κ1) is 54.7. The van der Waals surface area contributed by atoms with Crippen LogP contribution in [0, 0.1) is 0 Å². The lowest BCUT2D eigenvalue weighted by Gasteiger charge is -2.24. The minimum absolute atomic E-state index is 0.00800. The molecule has 2 aliphatic rings. The fourth-order valence-electron chi connectivity index (χ4n) is 6.83. The molecule has 6 heterocycles. The monoisotopic (exact) mass is 1090 g/mol. The first-order valence-electron chi connectivity index (χ1n) is 19.7. The maximum Gasteiger partial charge on any atom is 0.490 e. The Labute approximate surface area is 396 Å². The van der Waals surface area contributed by atoms with Crippen molar-refractivity contribution in [3.63, 3.8) is 0 Å². The van der Waals surface area contributed by atoms with E-state index >= 15 is 0 Å². The summed E-state index contributed by atoms with van der Waals surface area (Å²) in [5, 5.41) is 4.87. The number of amides is 2. The molecule has 71 heavy (non-hydrogen) atoms. The summed E-state index contributed by atoms with van der Waals surface area (Å²) in [7, 11) is -24.8. The number of esters is 4. The van der Waals surface area contributed by atoms with Crippen molar-refractivity contribution in [2.45, 2.75) is 90.6 Å². The van der Waals surface area contributed by atoms with E-state index in [0.717, 1.165) is 62.1 Å². The van der Waals surface area contributed by atoms with Crippen LogP contribution in [0.3, 0.4) is 0 Å². The molecule has 39 heteroatoms. The van der Waals surface area contributed by atoms with Crippen LogP contribution in [-0.4, -0.2) is 144 Å². The number of nitrogens with zero attached hydrogens (tertiary/aromatic N) is 8.